The fraction of sp³-hybridized carbons (Fsp3) is 0.588. The number of thiophene rings is 1. The Labute approximate surface area is 151 Å². The van der Waals surface area contributed by atoms with Gasteiger partial charge in [-0.2, -0.15) is 0 Å². The van der Waals surface area contributed by atoms with Crippen molar-refractivity contribution in [1.82, 2.24) is 20.1 Å². The van der Waals surface area contributed by atoms with Gasteiger partial charge in [0.05, 0.1) is 5.75 Å². The van der Waals surface area contributed by atoms with Gasteiger partial charge in [-0.3, -0.25) is 9.36 Å². The number of nitrogens with zero attached hydrogens (tertiary/aromatic N) is 3. The Bertz CT molecular complexity index is 731. The molecule has 0 bridgehead atoms. The number of rotatable bonds is 7. The van der Waals surface area contributed by atoms with E-state index in [1.54, 1.807) is 11.3 Å². The molecule has 0 saturated heterocycles. The van der Waals surface area contributed by atoms with Crippen molar-refractivity contribution < 1.29 is 4.79 Å². The van der Waals surface area contributed by atoms with Crippen LogP contribution in [-0.2, 0) is 11.2 Å². The summed E-state index contributed by atoms with van der Waals surface area (Å²) >= 11 is 3.23. The standard InChI is InChI=1S/C17H24N4OS2/c1-5-13-11(4)23-8-14(13)16-19-20-17(21(16)10(2)3)24-9-15(22)18-12-6-7-12/h8,10,12H,5-7,9H2,1-4H3,(H,18,22). The van der Waals surface area contributed by atoms with Gasteiger partial charge in [0, 0.05) is 27.9 Å². The van der Waals surface area contributed by atoms with E-state index in [1.807, 2.05) is 0 Å². The van der Waals surface area contributed by atoms with Crippen LogP contribution in [0.1, 0.15) is 50.1 Å². The maximum atomic E-state index is 11.9. The van der Waals surface area contributed by atoms with Gasteiger partial charge in [-0.25, -0.2) is 0 Å². The smallest absolute Gasteiger partial charge is 0.230 e. The normalized spacial score (nSPS) is 14.4. The Balaban J connectivity index is 1.83. The summed E-state index contributed by atoms with van der Waals surface area (Å²) in [5, 5.41) is 14.8. The number of carbonyl (C=O) groups excluding carboxylic acids is 1. The number of aryl methyl sites for hydroxylation is 1. The molecule has 1 amide bonds. The first-order valence-electron chi connectivity index (χ1n) is 8.45. The summed E-state index contributed by atoms with van der Waals surface area (Å²) in [6, 6.07) is 0.645. The third kappa shape index (κ3) is 3.67. The third-order valence-corrected chi connectivity index (χ3v) is 6.05. The predicted molar refractivity (Wildman–Crippen MR) is 99.7 cm³/mol. The van der Waals surface area contributed by atoms with Crippen molar-refractivity contribution in [3.63, 3.8) is 0 Å². The molecule has 0 aliphatic heterocycles. The van der Waals surface area contributed by atoms with Crippen LogP contribution in [0.25, 0.3) is 11.4 Å². The van der Waals surface area contributed by atoms with Gasteiger partial charge in [0.1, 0.15) is 0 Å². The summed E-state index contributed by atoms with van der Waals surface area (Å²) in [5.74, 6) is 1.39. The average Bonchev–Trinajstić information content (AvgIpc) is 3.11. The maximum Gasteiger partial charge on any atom is 0.230 e. The van der Waals surface area contributed by atoms with Crippen LogP contribution in [0.15, 0.2) is 10.5 Å². The van der Waals surface area contributed by atoms with Gasteiger partial charge in [-0.1, -0.05) is 18.7 Å². The van der Waals surface area contributed by atoms with Crippen LogP contribution in [-0.4, -0.2) is 32.5 Å². The molecule has 1 N–H and O–H groups in total. The van der Waals surface area contributed by atoms with Crippen LogP contribution >= 0.6 is 23.1 Å². The van der Waals surface area contributed by atoms with Crippen LogP contribution in [0.5, 0.6) is 0 Å². The summed E-state index contributed by atoms with van der Waals surface area (Å²) in [6.45, 7) is 8.59. The van der Waals surface area contributed by atoms with Crippen LogP contribution in [0.4, 0.5) is 0 Å². The van der Waals surface area contributed by atoms with Crippen molar-refractivity contribution in [3.05, 3.63) is 15.8 Å². The maximum absolute atomic E-state index is 11.9. The highest BCUT2D eigenvalue weighted by Crippen LogP contribution is 2.34. The molecule has 5 nitrogen and oxygen atoms in total. The molecule has 1 aliphatic carbocycles. The topological polar surface area (TPSA) is 59.8 Å². The lowest BCUT2D eigenvalue weighted by atomic mass is 10.1. The van der Waals surface area contributed by atoms with Crippen LogP contribution in [0.3, 0.4) is 0 Å². The fourth-order valence-corrected chi connectivity index (χ4v) is 4.58. The quantitative estimate of drug-likeness (QED) is 0.759. The summed E-state index contributed by atoms with van der Waals surface area (Å²) in [4.78, 5) is 13.3. The molecule has 3 rings (SSSR count). The predicted octanol–water partition coefficient (Wildman–Crippen LogP) is 3.83. The first-order valence-corrected chi connectivity index (χ1v) is 10.3. The number of aromatic nitrogens is 3. The van der Waals surface area contributed by atoms with Crippen LogP contribution < -0.4 is 5.32 Å². The van der Waals surface area contributed by atoms with E-state index in [2.05, 4.69) is 53.2 Å². The summed E-state index contributed by atoms with van der Waals surface area (Å²) in [5.41, 5.74) is 2.52. The molecule has 0 spiro atoms. The highest BCUT2D eigenvalue weighted by atomic mass is 32.2. The molecule has 0 atom stereocenters. The Kier molecular flexibility index (Phi) is 5.30. The Hall–Kier alpha value is -1.34. The molecule has 130 valence electrons. The minimum absolute atomic E-state index is 0.0861. The molecule has 2 heterocycles. The van der Waals surface area contributed by atoms with E-state index in [4.69, 9.17) is 0 Å². The lowest BCUT2D eigenvalue weighted by molar-refractivity contribution is -0.118. The van der Waals surface area contributed by atoms with Gasteiger partial charge in [-0.05, 0) is 45.6 Å². The lowest BCUT2D eigenvalue weighted by Crippen LogP contribution is -2.27. The minimum atomic E-state index is 0.0861. The number of carbonyl (C=O) groups is 1. The van der Waals surface area contributed by atoms with Gasteiger partial charge in [0.25, 0.3) is 0 Å². The molecule has 1 fully saturated rings. The van der Waals surface area contributed by atoms with Crippen molar-refractivity contribution in [3.8, 4) is 11.4 Å². The Morgan fingerprint density at radius 2 is 2.21 bits per heavy atom. The molecular weight excluding hydrogens is 340 g/mol. The van der Waals surface area contributed by atoms with Gasteiger partial charge >= 0.3 is 0 Å². The number of hydrogen-bond acceptors (Lipinski definition) is 5. The number of amides is 1. The van der Waals surface area contributed by atoms with Gasteiger partial charge < -0.3 is 5.32 Å². The molecule has 1 saturated carbocycles. The summed E-state index contributed by atoms with van der Waals surface area (Å²) < 4.78 is 2.15. The second kappa shape index (κ2) is 7.27. The first-order chi connectivity index (χ1) is 11.5. The number of thioether (sulfide) groups is 1. The molecule has 7 heteroatoms. The van der Waals surface area contributed by atoms with E-state index in [0.717, 1.165) is 30.2 Å². The van der Waals surface area contributed by atoms with Crippen molar-refractivity contribution in [2.24, 2.45) is 0 Å². The van der Waals surface area contributed by atoms with Crippen molar-refractivity contribution in [1.29, 1.82) is 0 Å². The Morgan fingerprint density at radius 3 is 2.83 bits per heavy atom. The summed E-state index contributed by atoms with van der Waals surface area (Å²) in [6.07, 6.45) is 3.21. The zero-order chi connectivity index (χ0) is 17.3. The van der Waals surface area contributed by atoms with Crippen molar-refractivity contribution in [2.45, 2.75) is 64.2 Å². The zero-order valence-corrected chi connectivity index (χ0v) is 16.3. The first kappa shape index (κ1) is 17.5. The van der Waals surface area contributed by atoms with E-state index in [-0.39, 0.29) is 11.9 Å². The van der Waals surface area contributed by atoms with E-state index in [9.17, 15) is 4.79 Å². The summed E-state index contributed by atoms with van der Waals surface area (Å²) in [7, 11) is 0. The van der Waals surface area contributed by atoms with Gasteiger partial charge in [0.15, 0.2) is 11.0 Å². The van der Waals surface area contributed by atoms with E-state index in [0.29, 0.717) is 11.8 Å². The van der Waals surface area contributed by atoms with Crippen molar-refractivity contribution >= 4 is 29.0 Å². The molecule has 2 aromatic rings. The lowest BCUT2D eigenvalue weighted by Gasteiger charge is -2.14. The molecule has 0 unspecified atom stereocenters. The second-order valence-corrected chi connectivity index (χ2v) is 8.46. The number of hydrogen-bond donors (Lipinski definition) is 1. The number of nitrogens with one attached hydrogen (secondary N) is 1. The van der Waals surface area contributed by atoms with Crippen LogP contribution in [0, 0.1) is 6.92 Å². The molecule has 0 aromatic carbocycles. The van der Waals surface area contributed by atoms with E-state index < -0.39 is 0 Å². The minimum Gasteiger partial charge on any atom is -0.353 e. The monoisotopic (exact) mass is 364 g/mol. The van der Waals surface area contributed by atoms with E-state index in [1.165, 1.54) is 27.8 Å². The molecular formula is C17H24N4OS2. The molecule has 1 aliphatic rings. The third-order valence-electron chi connectivity index (χ3n) is 4.15. The SMILES string of the molecule is CCc1c(-c2nnc(SCC(=O)NC3CC3)n2C(C)C)csc1C. The van der Waals surface area contributed by atoms with Gasteiger partial charge in [0.2, 0.25) is 5.91 Å². The average molecular weight is 365 g/mol. The fourth-order valence-electron chi connectivity index (χ4n) is 2.76. The highest BCUT2D eigenvalue weighted by Gasteiger charge is 2.24. The van der Waals surface area contributed by atoms with Gasteiger partial charge in [-0.15, -0.1) is 21.5 Å². The Morgan fingerprint density at radius 1 is 1.46 bits per heavy atom. The highest BCUT2D eigenvalue weighted by molar-refractivity contribution is 7.99. The second-order valence-electron chi connectivity index (χ2n) is 6.44. The van der Waals surface area contributed by atoms with E-state index >= 15 is 0 Å². The molecule has 2 aromatic heterocycles. The van der Waals surface area contributed by atoms with Crippen molar-refractivity contribution in [2.75, 3.05) is 5.75 Å². The molecule has 0 radical (unpaired) electrons. The molecule has 24 heavy (non-hydrogen) atoms. The zero-order valence-electron chi connectivity index (χ0n) is 14.6. The largest absolute Gasteiger partial charge is 0.353 e. The van der Waals surface area contributed by atoms with Crippen LogP contribution in [0.2, 0.25) is 0 Å².